The Morgan fingerprint density at radius 2 is 1.67 bits per heavy atom. The van der Waals surface area contributed by atoms with E-state index in [0.717, 1.165) is 48.5 Å². The summed E-state index contributed by atoms with van der Waals surface area (Å²) in [5.74, 6) is -1.64. The molecule has 12 nitrogen and oxygen atoms in total. The predicted octanol–water partition coefficient (Wildman–Crippen LogP) is 4.80. The number of carbonyl (C=O) groups excluding carboxylic acids is 1. The molecule has 0 saturated carbocycles. The summed E-state index contributed by atoms with van der Waals surface area (Å²) in [5.41, 5.74) is 3.67. The molecular formula is C31H43F3N6O6. The first-order chi connectivity index (χ1) is 21.5. The second-order valence-corrected chi connectivity index (χ2v) is 11.8. The Morgan fingerprint density at radius 3 is 2.17 bits per heavy atom. The van der Waals surface area contributed by atoms with Gasteiger partial charge in [0.25, 0.3) is 0 Å². The van der Waals surface area contributed by atoms with Crippen LogP contribution in [0, 0.1) is 5.41 Å². The number of nitrogens with zero attached hydrogens (tertiary/aromatic N) is 5. The van der Waals surface area contributed by atoms with Gasteiger partial charge in [-0.1, -0.05) is 41.5 Å². The van der Waals surface area contributed by atoms with Crippen LogP contribution in [0.15, 0.2) is 18.2 Å². The molecule has 1 aliphatic rings. The number of anilines is 1. The van der Waals surface area contributed by atoms with Crippen molar-refractivity contribution in [2.24, 2.45) is 0 Å². The van der Waals surface area contributed by atoms with Gasteiger partial charge >= 0.3 is 12.1 Å². The van der Waals surface area contributed by atoms with E-state index in [9.17, 15) is 18.0 Å². The van der Waals surface area contributed by atoms with Crippen LogP contribution >= 0.6 is 0 Å². The van der Waals surface area contributed by atoms with Crippen LogP contribution in [0.5, 0.6) is 11.6 Å². The van der Waals surface area contributed by atoms with Gasteiger partial charge < -0.3 is 24.2 Å². The SMILES string of the molecule is CCc1cc(OC(CC)CC)nn2c(=N)n(CC(=O)c3cc(N4CCOCC4)c(OC)c(C(C)(C)C)c3)nc12.O=C(O)C(F)(F)F. The maximum Gasteiger partial charge on any atom is 0.490 e. The van der Waals surface area contributed by atoms with Gasteiger partial charge in [0.1, 0.15) is 12.3 Å². The molecule has 0 atom stereocenters. The van der Waals surface area contributed by atoms with Crippen molar-refractivity contribution in [3.05, 3.63) is 40.5 Å². The zero-order valence-electron chi connectivity index (χ0n) is 27.3. The molecule has 0 radical (unpaired) electrons. The number of halogens is 3. The summed E-state index contributed by atoms with van der Waals surface area (Å²) in [6, 6.07) is 5.71. The smallest absolute Gasteiger partial charge is 0.490 e. The van der Waals surface area contributed by atoms with Crippen LogP contribution in [0.25, 0.3) is 5.65 Å². The number of nitrogens with one attached hydrogen (secondary N) is 1. The summed E-state index contributed by atoms with van der Waals surface area (Å²) in [5, 5.41) is 25.1. The number of aromatic nitrogens is 4. The van der Waals surface area contributed by atoms with Crippen molar-refractivity contribution < 1.29 is 42.1 Å². The molecule has 2 aromatic heterocycles. The Kier molecular flexibility index (Phi) is 11.8. The third-order valence-electron chi connectivity index (χ3n) is 7.51. The third kappa shape index (κ3) is 8.56. The minimum Gasteiger partial charge on any atom is -0.494 e. The lowest BCUT2D eigenvalue weighted by molar-refractivity contribution is -0.192. The largest absolute Gasteiger partial charge is 0.494 e. The average Bonchev–Trinajstić information content (AvgIpc) is 3.32. The minimum atomic E-state index is -5.08. The van der Waals surface area contributed by atoms with Crippen molar-refractivity contribution in [3.8, 4) is 11.6 Å². The number of carboxylic acids is 1. The van der Waals surface area contributed by atoms with Crippen LogP contribution in [0.3, 0.4) is 0 Å². The van der Waals surface area contributed by atoms with E-state index >= 15 is 0 Å². The van der Waals surface area contributed by atoms with Crippen LogP contribution in [0.1, 0.15) is 75.9 Å². The molecule has 1 aromatic carbocycles. The number of hydrogen-bond acceptors (Lipinski definition) is 9. The number of morpholine rings is 1. The van der Waals surface area contributed by atoms with Crippen LogP contribution in [0.2, 0.25) is 0 Å². The fourth-order valence-corrected chi connectivity index (χ4v) is 4.92. The number of aliphatic carboxylic acids is 1. The van der Waals surface area contributed by atoms with Crippen molar-refractivity contribution in [2.45, 2.75) is 85.0 Å². The number of rotatable bonds is 10. The van der Waals surface area contributed by atoms with Gasteiger partial charge in [-0.15, -0.1) is 10.2 Å². The molecule has 0 amide bonds. The number of alkyl halides is 3. The summed E-state index contributed by atoms with van der Waals surface area (Å²) < 4.78 is 52.1. The zero-order valence-corrected chi connectivity index (χ0v) is 27.3. The fourth-order valence-electron chi connectivity index (χ4n) is 4.92. The highest BCUT2D eigenvalue weighted by Gasteiger charge is 2.38. The van der Waals surface area contributed by atoms with E-state index in [2.05, 4.69) is 49.7 Å². The van der Waals surface area contributed by atoms with Crippen LogP contribution < -0.4 is 20.0 Å². The molecule has 1 aliphatic heterocycles. The highest BCUT2D eigenvalue weighted by atomic mass is 19.4. The molecule has 3 heterocycles. The minimum absolute atomic E-state index is 0.0287. The molecule has 2 N–H and O–H groups in total. The summed E-state index contributed by atoms with van der Waals surface area (Å²) in [6.45, 7) is 15.1. The first-order valence-corrected chi connectivity index (χ1v) is 15.1. The molecule has 1 saturated heterocycles. The second kappa shape index (κ2) is 15.0. The van der Waals surface area contributed by atoms with Gasteiger partial charge in [-0.2, -0.15) is 17.7 Å². The number of ketones is 1. The number of Topliss-reactive ketones (excluding diaryl/α,β-unsaturated/α-hetero) is 1. The second-order valence-electron chi connectivity index (χ2n) is 11.8. The molecular weight excluding hydrogens is 609 g/mol. The van der Waals surface area contributed by atoms with Gasteiger partial charge in [-0.25, -0.2) is 9.48 Å². The standard InChI is InChI=1S/C29H42N6O4.C2HF3O2/c1-8-19-17-25(39-21(9-2)10-3)31-35-27(19)32-34(28(35)30)18-24(36)20-15-22(29(4,5)6)26(37-7)23(16-20)33-11-13-38-14-12-33;3-2(4,5)1(6)7/h15-17,21,30H,8-14,18H2,1-7H3;(H,6,7). The molecule has 3 aromatic rings. The topological polar surface area (TPSA) is 144 Å². The van der Waals surface area contributed by atoms with Crippen molar-refractivity contribution in [1.82, 2.24) is 19.4 Å². The maximum atomic E-state index is 13.7. The normalized spacial score (nSPS) is 13.8. The van der Waals surface area contributed by atoms with Crippen LogP contribution in [-0.4, -0.2) is 81.9 Å². The molecule has 15 heteroatoms. The molecule has 46 heavy (non-hydrogen) atoms. The van der Waals surface area contributed by atoms with Gasteiger partial charge in [0, 0.05) is 35.8 Å². The van der Waals surface area contributed by atoms with E-state index in [1.54, 1.807) is 7.11 Å². The lowest BCUT2D eigenvalue weighted by Gasteiger charge is -2.33. The first kappa shape index (κ1) is 36.3. The lowest BCUT2D eigenvalue weighted by atomic mass is 9.84. The van der Waals surface area contributed by atoms with E-state index in [-0.39, 0.29) is 29.5 Å². The fraction of sp³-hybridized carbons (Fsp3) is 0.581. The summed E-state index contributed by atoms with van der Waals surface area (Å²) >= 11 is 0. The maximum absolute atomic E-state index is 13.7. The number of ether oxygens (including phenoxy) is 3. The van der Waals surface area contributed by atoms with E-state index < -0.39 is 12.1 Å². The number of carbonyl (C=O) groups is 2. The first-order valence-electron chi connectivity index (χ1n) is 15.1. The van der Waals surface area contributed by atoms with Crippen LogP contribution in [-0.2, 0) is 27.9 Å². The lowest BCUT2D eigenvalue weighted by Crippen LogP contribution is -2.37. The molecule has 4 rings (SSSR count). The summed E-state index contributed by atoms with van der Waals surface area (Å²) in [4.78, 5) is 24.8. The van der Waals surface area contributed by atoms with Crippen molar-refractivity contribution in [1.29, 1.82) is 5.41 Å². The van der Waals surface area contributed by atoms with Gasteiger partial charge in [-0.3, -0.25) is 10.2 Å². The number of methoxy groups -OCH3 is 1. The Labute approximate surface area is 265 Å². The molecule has 0 bridgehead atoms. The number of hydrogen-bond donors (Lipinski definition) is 2. The van der Waals surface area contributed by atoms with E-state index in [1.165, 1.54) is 9.20 Å². The number of carboxylic acid groups (broad SMARTS) is 1. The Morgan fingerprint density at radius 1 is 1.07 bits per heavy atom. The molecule has 254 valence electrons. The Bertz CT molecular complexity index is 1580. The quantitative estimate of drug-likeness (QED) is 0.295. The van der Waals surface area contributed by atoms with Crippen LogP contribution in [0.4, 0.5) is 18.9 Å². The number of aryl methyl sites for hydroxylation is 1. The van der Waals surface area contributed by atoms with Gasteiger partial charge in [-0.05, 0) is 36.8 Å². The highest BCUT2D eigenvalue weighted by Crippen LogP contribution is 2.40. The Hall–Kier alpha value is -4.14. The van der Waals surface area contributed by atoms with Crippen molar-refractivity contribution >= 4 is 23.1 Å². The van der Waals surface area contributed by atoms with E-state index in [1.807, 2.05) is 25.1 Å². The third-order valence-corrected chi connectivity index (χ3v) is 7.51. The van der Waals surface area contributed by atoms with Gasteiger partial charge in [0.2, 0.25) is 11.5 Å². The highest BCUT2D eigenvalue weighted by molar-refractivity contribution is 5.97. The van der Waals surface area contributed by atoms with E-state index in [4.69, 9.17) is 29.5 Å². The van der Waals surface area contributed by atoms with Crippen molar-refractivity contribution in [2.75, 3.05) is 38.3 Å². The molecule has 0 spiro atoms. The summed E-state index contributed by atoms with van der Waals surface area (Å²) in [7, 11) is 1.68. The number of fused-ring (bicyclic) bond motifs is 1. The van der Waals surface area contributed by atoms with Gasteiger partial charge in [0.05, 0.1) is 32.1 Å². The molecule has 1 fully saturated rings. The Balaban J connectivity index is 0.000000738. The monoisotopic (exact) mass is 652 g/mol. The zero-order chi connectivity index (χ0) is 34.4. The molecule has 0 aliphatic carbocycles. The van der Waals surface area contributed by atoms with E-state index in [0.29, 0.717) is 36.7 Å². The van der Waals surface area contributed by atoms with Crippen molar-refractivity contribution in [3.63, 3.8) is 0 Å². The molecule has 0 unspecified atom stereocenters. The summed E-state index contributed by atoms with van der Waals surface area (Å²) in [6.07, 6.45) is -2.59. The predicted molar refractivity (Wildman–Crippen MR) is 164 cm³/mol. The average molecular weight is 653 g/mol. The number of benzene rings is 1. The van der Waals surface area contributed by atoms with Gasteiger partial charge in [0.15, 0.2) is 11.4 Å².